The molecule has 0 amide bonds. The number of phenols is 1. The number of nitrogens with one attached hydrogen (secondary N) is 1. The molecular weight excluding hydrogens is 341 g/mol. The van der Waals surface area contributed by atoms with Gasteiger partial charge < -0.3 is 10.4 Å². The van der Waals surface area contributed by atoms with Crippen molar-refractivity contribution in [2.75, 3.05) is 5.32 Å². The Balaban J connectivity index is 0.00000180. The van der Waals surface area contributed by atoms with Crippen LogP contribution >= 0.6 is 0 Å². The molecule has 0 saturated heterocycles. The number of hydrogen-bond donors (Lipinski definition) is 2. The normalized spacial score (nSPS) is 15.8. The molecule has 1 aliphatic carbocycles. The Morgan fingerprint density at radius 3 is 2.63 bits per heavy atom. The summed E-state index contributed by atoms with van der Waals surface area (Å²) in [5, 5.41) is 12.4. The summed E-state index contributed by atoms with van der Waals surface area (Å²) in [7, 11) is 0. The van der Waals surface area contributed by atoms with Crippen LogP contribution in [0.1, 0.15) is 0 Å². The monoisotopic (exact) mass is 354 g/mol. The average Bonchev–Trinajstić information content (AvgIpc) is 2.38. The van der Waals surface area contributed by atoms with Crippen molar-refractivity contribution in [3.05, 3.63) is 61.0 Å². The summed E-state index contributed by atoms with van der Waals surface area (Å²) < 4.78 is 0. The van der Waals surface area contributed by atoms with Gasteiger partial charge in [0.15, 0.2) is 0 Å². The molecule has 0 heterocycles. The summed E-state index contributed by atoms with van der Waals surface area (Å²) in [6.07, 6.45) is 9.57. The molecule has 0 bridgehead atoms. The third kappa shape index (κ3) is 4.47. The fourth-order valence-corrected chi connectivity index (χ4v) is 1.40. The quantitative estimate of drug-likeness (QED) is 0.499. The number of para-hydroxylation sites is 2. The Bertz CT molecular complexity index is 575. The number of anilines is 1. The third-order valence-electron chi connectivity index (χ3n) is 2.30. The van der Waals surface area contributed by atoms with Crippen molar-refractivity contribution in [1.82, 2.24) is 0 Å². The number of rotatable bonds is 3. The van der Waals surface area contributed by atoms with Gasteiger partial charge >= 0.3 is 0 Å². The predicted molar refractivity (Wildman–Crippen MR) is 71.6 cm³/mol. The Morgan fingerprint density at radius 1 is 1.16 bits per heavy atom. The van der Waals surface area contributed by atoms with Crippen molar-refractivity contribution in [2.24, 2.45) is 4.99 Å². The zero-order chi connectivity index (χ0) is 12.8. The maximum absolute atomic E-state index is 11.3. The molecule has 0 aromatic heterocycles. The van der Waals surface area contributed by atoms with Crippen molar-refractivity contribution in [2.45, 2.75) is 0 Å². The minimum atomic E-state index is -0.121. The molecule has 0 fully saturated rings. The van der Waals surface area contributed by atoms with E-state index in [0.717, 1.165) is 0 Å². The predicted octanol–water partition coefficient (Wildman–Crippen LogP) is 2.41. The van der Waals surface area contributed by atoms with Gasteiger partial charge in [0.25, 0.3) is 0 Å². The molecule has 2 rings (SSSR count). The zero-order valence-corrected chi connectivity index (χ0v) is 14.3. The summed E-state index contributed by atoms with van der Waals surface area (Å²) in [6.45, 7) is 0. The summed E-state index contributed by atoms with van der Waals surface area (Å²) in [5.41, 5.74) is 0.965. The number of aliphatic imine (C=N–C) groups is 1. The first-order valence-corrected chi connectivity index (χ1v) is 5.44. The first-order valence-electron chi connectivity index (χ1n) is 5.44. The van der Waals surface area contributed by atoms with E-state index in [9.17, 15) is 9.90 Å². The molecule has 0 unspecified atom stereocenters. The second-order valence-electron chi connectivity index (χ2n) is 3.57. The number of aromatic hydroxyl groups is 1. The van der Waals surface area contributed by atoms with Crippen molar-refractivity contribution in [1.29, 1.82) is 0 Å². The summed E-state index contributed by atoms with van der Waals surface area (Å²) in [4.78, 5) is 15.4. The molecule has 0 atom stereocenters. The Kier molecular flexibility index (Phi) is 6.20. The van der Waals surface area contributed by atoms with Crippen molar-refractivity contribution in [3.63, 3.8) is 0 Å². The van der Waals surface area contributed by atoms with E-state index in [0.29, 0.717) is 11.4 Å². The van der Waals surface area contributed by atoms with Crippen molar-refractivity contribution >= 4 is 17.2 Å². The number of benzene rings is 1. The SMILES string of the molecule is O=C1C=CC=CC1=NC=CNc1ccccc1O.[Cd]. The van der Waals surface area contributed by atoms with Gasteiger partial charge in [0, 0.05) is 39.7 Å². The largest absolute Gasteiger partial charge is 0.506 e. The smallest absolute Gasteiger partial charge is 0.204 e. The number of nitrogens with zero attached hydrogens (tertiary/aromatic N) is 1. The van der Waals surface area contributed by atoms with Crippen LogP contribution in [0.3, 0.4) is 0 Å². The standard InChI is InChI=1S/C14H12N2O2.Cd/c17-13-7-3-1-5-11(13)15-9-10-16-12-6-2-4-8-14(12)18;/h1-10,15,17H;. The van der Waals surface area contributed by atoms with Gasteiger partial charge in [0.2, 0.25) is 5.78 Å². The number of carbonyl (C=O) groups excluding carboxylic acids is 1. The second-order valence-corrected chi connectivity index (χ2v) is 3.57. The van der Waals surface area contributed by atoms with Crippen LogP contribution in [-0.2, 0) is 32.1 Å². The zero-order valence-electron chi connectivity index (χ0n) is 10.3. The molecule has 1 aromatic carbocycles. The van der Waals surface area contributed by atoms with Crippen LogP contribution in [0.4, 0.5) is 5.69 Å². The second kappa shape index (κ2) is 7.67. The Hall–Kier alpha value is -1.70. The van der Waals surface area contributed by atoms with E-state index in [1.165, 1.54) is 12.3 Å². The first kappa shape index (κ1) is 15.4. The molecule has 92 valence electrons. The maximum Gasteiger partial charge on any atom is 0.204 e. The molecule has 1 aromatic rings. The average molecular weight is 353 g/mol. The van der Waals surface area contributed by atoms with E-state index in [2.05, 4.69) is 10.3 Å². The molecule has 0 spiro atoms. The van der Waals surface area contributed by atoms with E-state index in [-0.39, 0.29) is 38.8 Å². The van der Waals surface area contributed by atoms with Gasteiger partial charge in [-0.25, -0.2) is 0 Å². The molecule has 0 saturated carbocycles. The summed E-state index contributed by atoms with van der Waals surface area (Å²) >= 11 is 0. The molecule has 1 aliphatic rings. The third-order valence-corrected chi connectivity index (χ3v) is 2.30. The molecule has 19 heavy (non-hydrogen) atoms. The van der Waals surface area contributed by atoms with E-state index in [4.69, 9.17) is 0 Å². The number of allylic oxidation sites excluding steroid dienone is 4. The van der Waals surface area contributed by atoms with Gasteiger partial charge in [-0.15, -0.1) is 0 Å². The topological polar surface area (TPSA) is 61.7 Å². The minimum absolute atomic E-state index is 0. The maximum atomic E-state index is 11.3. The molecular formula is C14H12CdN2O2. The summed E-state index contributed by atoms with van der Waals surface area (Å²) in [6, 6.07) is 6.86. The number of carbonyl (C=O) groups is 1. The van der Waals surface area contributed by atoms with Gasteiger partial charge in [-0.05, 0) is 24.3 Å². The first-order chi connectivity index (χ1) is 8.77. The molecule has 0 radical (unpaired) electrons. The number of hydrogen-bond acceptors (Lipinski definition) is 4. The molecule has 4 nitrogen and oxygen atoms in total. The Morgan fingerprint density at radius 2 is 1.89 bits per heavy atom. The van der Waals surface area contributed by atoms with Crippen LogP contribution in [0.25, 0.3) is 0 Å². The van der Waals surface area contributed by atoms with Crippen LogP contribution in [0, 0.1) is 0 Å². The van der Waals surface area contributed by atoms with E-state index in [1.807, 2.05) is 0 Å². The molecule has 0 aliphatic heterocycles. The van der Waals surface area contributed by atoms with Gasteiger partial charge in [-0.2, -0.15) is 0 Å². The van der Waals surface area contributed by atoms with E-state index < -0.39 is 0 Å². The van der Waals surface area contributed by atoms with Crippen LogP contribution in [0.15, 0.2) is 66.0 Å². The molecule has 2 N–H and O–H groups in total. The van der Waals surface area contributed by atoms with Crippen LogP contribution in [0.5, 0.6) is 5.75 Å². The number of phenolic OH excluding ortho intramolecular Hbond substituents is 1. The Labute approximate surface area is 131 Å². The van der Waals surface area contributed by atoms with E-state index >= 15 is 0 Å². The van der Waals surface area contributed by atoms with E-state index in [1.54, 1.807) is 48.7 Å². The minimum Gasteiger partial charge on any atom is -0.506 e. The summed E-state index contributed by atoms with van der Waals surface area (Å²) in [5.74, 6) is 0.0380. The number of ketones is 1. The molecule has 5 heteroatoms. The van der Waals surface area contributed by atoms with Crippen LogP contribution in [-0.4, -0.2) is 16.6 Å². The van der Waals surface area contributed by atoms with Crippen LogP contribution in [0.2, 0.25) is 0 Å². The van der Waals surface area contributed by atoms with Crippen molar-refractivity contribution < 1.29 is 37.2 Å². The van der Waals surface area contributed by atoms with Gasteiger partial charge in [0.1, 0.15) is 11.5 Å². The van der Waals surface area contributed by atoms with Crippen LogP contribution < -0.4 is 5.32 Å². The van der Waals surface area contributed by atoms with Gasteiger partial charge in [-0.3, -0.25) is 9.79 Å². The van der Waals surface area contributed by atoms with Crippen molar-refractivity contribution in [3.8, 4) is 5.75 Å². The van der Waals surface area contributed by atoms with Gasteiger partial charge in [-0.1, -0.05) is 24.3 Å². The fraction of sp³-hybridized carbons (Fsp3) is 0. The fourth-order valence-electron chi connectivity index (χ4n) is 1.40. The van der Waals surface area contributed by atoms with Gasteiger partial charge in [0.05, 0.1) is 5.69 Å².